The Morgan fingerprint density at radius 3 is 2.58 bits per heavy atom. The lowest BCUT2D eigenvalue weighted by Gasteiger charge is -2.17. The second-order valence-corrected chi connectivity index (χ2v) is 5.31. The van der Waals surface area contributed by atoms with Crippen molar-refractivity contribution in [1.82, 2.24) is 5.32 Å². The van der Waals surface area contributed by atoms with Crippen LogP contribution >= 0.6 is 0 Å². The van der Waals surface area contributed by atoms with Gasteiger partial charge in [-0.25, -0.2) is 4.79 Å². The molecule has 1 heterocycles. The van der Waals surface area contributed by atoms with Crippen molar-refractivity contribution < 1.29 is 19.1 Å². The minimum absolute atomic E-state index is 0.159. The summed E-state index contributed by atoms with van der Waals surface area (Å²) in [6, 6.07) is 12.9. The SMILES string of the molecule is NC(=O)N[C@@H](Cc1ccccc1)C(=O)Nc1ccc2c(c1)OCO2. The zero-order valence-corrected chi connectivity index (χ0v) is 12.8. The molecule has 0 bridgehead atoms. The molecule has 3 amide bonds. The van der Waals surface area contributed by atoms with Crippen LogP contribution in [0.15, 0.2) is 48.5 Å². The second kappa shape index (κ2) is 6.91. The van der Waals surface area contributed by atoms with Crippen molar-refractivity contribution in [3.8, 4) is 11.5 Å². The zero-order valence-electron chi connectivity index (χ0n) is 12.8. The molecule has 0 saturated heterocycles. The van der Waals surface area contributed by atoms with E-state index >= 15 is 0 Å². The van der Waals surface area contributed by atoms with E-state index in [0.717, 1.165) is 5.56 Å². The molecular weight excluding hydrogens is 310 g/mol. The Balaban J connectivity index is 1.72. The number of hydrogen-bond donors (Lipinski definition) is 3. The molecule has 7 nitrogen and oxygen atoms in total. The molecule has 0 fully saturated rings. The van der Waals surface area contributed by atoms with Crippen molar-refractivity contribution in [2.24, 2.45) is 5.73 Å². The summed E-state index contributed by atoms with van der Waals surface area (Å²) in [5, 5.41) is 5.22. The van der Waals surface area contributed by atoms with E-state index in [0.29, 0.717) is 23.6 Å². The zero-order chi connectivity index (χ0) is 16.9. The monoisotopic (exact) mass is 327 g/mol. The first-order valence-corrected chi connectivity index (χ1v) is 7.42. The van der Waals surface area contributed by atoms with E-state index in [2.05, 4.69) is 10.6 Å². The van der Waals surface area contributed by atoms with Crippen LogP contribution < -0.4 is 25.8 Å². The summed E-state index contributed by atoms with van der Waals surface area (Å²) in [7, 11) is 0. The second-order valence-electron chi connectivity index (χ2n) is 5.31. The first kappa shape index (κ1) is 15.7. The molecule has 124 valence electrons. The predicted octanol–water partition coefficient (Wildman–Crippen LogP) is 1.63. The fraction of sp³-hybridized carbons (Fsp3) is 0.176. The molecule has 1 atom stereocenters. The highest BCUT2D eigenvalue weighted by Crippen LogP contribution is 2.34. The van der Waals surface area contributed by atoms with Gasteiger partial charge in [0.25, 0.3) is 0 Å². The number of nitrogens with two attached hydrogens (primary N) is 1. The minimum Gasteiger partial charge on any atom is -0.454 e. The summed E-state index contributed by atoms with van der Waals surface area (Å²) in [5.41, 5.74) is 6.65. The third-order valence-electron chi connectivity index (χ3n) is 3.56. The molecule has 0 radical (unpaired) electrons. The molecule has 0 saturated carbocycles. The Morgan fingerprint density at radius 1 is 1.08 bits per heavy atom. The van der Waals surface area contributed by atoms with Gasteiger partial charge in [0.2, 0.25) is 12.7 Å². The van der Waals surface area contributed by atoms with Crippen LogP contribution in [0.4, 0.5) is 10.5 Å². The molecule has 0 spiro atoms. The molecule has 2 aromatic rings. The lowest BCUT2D eigenvalue weighted by molar-refractivity contribution is -0.117. The molecule has 0 unspecified atom stereocenters. The lowest BCUT2D eigenvalue weighted by atomic mass is 10.1. The Hall–Kier alpha value is -3.22. The normalized spacial score (nSPS) is 13.2. The van der Waals surface area contributed by atoms with Crippen molar-refractivity contribution >= 4 is 17.6 Å². The van der Waals surface area contributed by atoms with Gasteiger partial charge in [-0.2, -0.15) is 0 Å². The molecule has 1 aliphatic heterocycles. The van der Waals surface area contributed by atoms with Gasteiger partial charge in [0.05, 0.1) is 0 Å². The van der Waals surface area contributed by atoms with Gasteiger partial charge in [0.15, 0.2) is 11.5 Å². The number of nitrogens with one attached hydrogen (secondary N) is 2. The maximum absolute atomic E-state index is 12.5. The summed E-state index contributed by atoms with van der Waals surface area (Å²) in [6.45, 7) is 0.159. The largest absolute Gasteiger partial charge is 0.454 e. The number of rotatable bonds is 5. The van der Waals surface area contributed by atoms with Crippen molar-refractivity contribution in [2.45, 2.75) is 12.5 Å². The van der Waals surface area contributed by atoms with E-state index in [1.807, 2.05) is 30.3 Å². The van der Waals surface area contributed by atoms with Crippen molar-refractivity contribution in [2.75, 3.05) is 12.1 Å². The first-order chi connectivity index (χ1) is 11.6. The van der Waals surface area contributed by atoms with Gasteiger partial charge in [-0.15, -0.1) is 0 Å². The van der Waals surface area contributed by atoms with Crippen LogP contribution in [0.25, 0.3) is 0 Å². The Kier molecular flexibility index (Phi) is 4.51. The van der Waals surface area contributed by atoms with Crippen LogP contribution in [0, 0.1) is 0 Å². The lowest BCUT2D eigenvalue weighted by Crippen LogP contribution is -2.47. The number of benzene rings is 2. The summed E-state index contributed by atoms with van der Waals surface area (Å²) in [6.07, 6.45) is 0.333. The summed E-state index contributed by atoms with van der Waals surface area (Å²) < 4.78 is 10.5. The summed E-state index contributed by atoms with van der Waals surface area (Å²) in [4.78, 5) is 23.7. The number of ether oxygens (including phenoxy) is 2. The highest BCUT2D eigenvalue weighted by atomic mass is 16.7. The highest BCUT2D eigenvalue weighted by Gasteiger charge is 2.21. The smallest absolute Gasteiger partial charge is 0.312 e. The molecule has 3 rings (SSSR count). The molecule has 2 aromatic carbocycles. The van der Waals surface area contributed by atoms with Crippen LogP contribution in [0.1, 0.15) is 5.56 Å². The molecule has 7 heteroatoms. The molecular formula is C17H17N3O4. The fourth-order valence-corrected chi connectivity index (χ4v) is 2.43. The van der Waals surface area contributed by atoms with Crippen LogP contribution in [0.5, 0.6) is 11.5 Å². The third kappa shape index (κ3) is 3.75. The van der Waals surface area contributed by atoms with Crippen LogP contribution in [-0.4, -0.2) is 24.8 Å². The van der Waals surface area contributed by atoms with Crippen molar-refractivity contribution in [3.05, 3.63) is 54.1 Å². The summed E-state index contributed by atoms with van der Waals surface area (Å²) >= 11 is 0. The number of hydrogen-bond acceptors (Lipinski definition) is 4. The van der Waals surface area contributed by atoms with E-state index in [-0.39, 0.29) is 12.7 Å². The Labute approximate surface area is 138 Å². The van der Waals surface area contributed by atoms with Gasteiger partial charge in [-0.3, -0.25) is 4.79 Å². The number of anilines is 1. The van der Waals surface area contributed by atoms with Gasteiger partial charge in [-0.1, -0.05) is 30.3 Å². The maximum atomic E-state index is 12.5. The van der Waals surface area contributed by atoms with Crippen LogP contribution in [0.3, 0.4) is 0 Å². The number of carbonyl (C=O) groups excluding carboxylic acids is 2. The van der Waals surface area contributed by atoms with Gasteiger partial charge >= 0.3 is 6.03 Å². The Morgan fingerprint density at radius 2 is 1.83 bits per heavy atom. The number of urea groups is 1. The van der Waals surface area contributed by atoms with E-state index in [4.69, 9.17) is 15.2 Å². The minimum atomic E-state index is -0.782. The van der Waals surface area contributed by atoms with Crippen LogP contribution in [-0.2, 0) is 11.2 Å². The average Bonchev–Trinajstić information content (AvgIpc) is 3.02. The average molecular weight is 327 g/mol. The van der Waals surface area contributed by atoms with Gasteiger partial charge < -0.3 is 25.8 Å². The highest BCUT2D eigenvalue weighted by molar-refractivity contribution is 5.97. The van der Waals surface area contributed by atoms with Crippen LogP contribution in [0.2, 0.25) is 0 Å². The van der Waals surface area contributed by atoms with Crippen molar-refractivity contribution in [3.63, 3.8) is 0 Å². The van der Waals surface area contributed by atoms with Crippen molar-refractivity contribution in [1.29, 1.82) is 0 Å². The topological polar surface area (TPSA) is 103 Å². The van der Waals surface area contributed by atoms with E-state index < -0.39 is 12.1 Å². The van der Waals surface area contributed by atoms with Gasteiger partial charge in [0.1, 0.15) is 6.04 Å². The third-order valence-corrected chi connectivity index (χ3v) is 3.56. The Bertz CT molecular complexity index is 749. The molecule has 4 N–H and O–H groups in total. The number of carbonyl (C=O) groups is 2. The first-order valence-electron chi connectivity index (χ1n) is 7.42. The van der Waals surface area contributed by atoms with E-state index in [1.54, 1.807) is 18.2 Å². The number of amides is 3. The quantitative estimate of drug-likeness (QED) is 0.776. The fourth-order valence-electron chi connectivity index (χ4n) is 2.43. The maximum Gasteiger partial charge on any atom is 0.312 e. The molecule has 0 aromatic heterocycles. The van der Waals surface area contributed by atoms with E-state index in [1.165, 1.54) is 0 Å². The number of fused-ring (bicyclic) bond motifs is 1. The summed E-state index contributed by atoms with van der Waals surface area (Å²) in [5.74, 6) is 0.830. The molecule has 0 aliphatic carbocycles. The number of primary amides is 1. The van der Waals surface area contributed by atoms with Gasteiger partial charge in [0, 0.05) is 18.2 Å². The van der Waals surface area contributed by atoms with E-state index in [9.17, 15) is 9.59 Å². The predicted molar refractivity (Wildman–Crippen MR) is 87.8 cm³/mol. The molecule has 24 heavy (non-hydrogen) atoms. The standard InChI is InChI=1S/C17H17N3O4/c18-17(22)20-13(8-11-4-2-1-3-5-11)16(21)19-12-6-7-14-15(9-12)24-10-23-14/h1-7,9,13H,8,10H2,(H,19,21)(H3,18,20,22)/t13-/m0/s1. The van der Waals surface area contributed by atoms with Gasteiger partial charge in [-0.05, 0) is 17.7 Å². The molecule has 1 aliphatic rings.